The van der Waals surface area contributed by atoms with E-state index < -0.39 is 29.0 Å². The summed E-state index contributed by atoms with van der Waals surface area (Å²) in [7, 11) is 0. The van der Waals surface area contributed by atoms with Crippen LogP contribution in [0.5, 0.6) is 0 Å². The monoisotopic (exact) mass is 493 g/mol. The van der Waals surface area contributed by atoms with Gasteiger partial charge in [0.2, 0.25) is 5.16 Å². The Bertz CT molecular complexity index is 1090. The van der Waals surface area contributed by atoms with Crippen LogP contribution in [0.2, 0.25) is 5.15 Å². The number of alkyl halides is 6. The molecule has 170 valence electrons. The molecule has 0 atom stereocenters. The number of H-pyrrole nitrogens is 1. The van der Waals surface area contributed by atoms with Crippen LogP contribution in [-0.4, -0.2) is 25.1 Å². The number of hydrogen-bond donors (Lipinski definition) is 1. The summed E-state index contributed by atoms with van der Waals surface area (Å²) in [6.07, 6.45) is -5.88. The molecule has 0 spiro atoms. The summed E-state index contributed by atoms with van der Waals surface area (Å²) in [6.45, 7) is 0. The lowest BCUT2D eigenvalue weighted by Gasteiger charge is -2.24. The number of rotatable bonds is 5. The molecule has 1 aromatic carbocycles. The summed E-state index contributed by atoms with van der Waals surface area (Å²) in [5, 5.41) is 6.98. The number of benzene rings is 1. The molecular formula is C19H14ClF6N5S. The fraction of sp³-hybridized carbons (Fsp3) is 0.368. The van der Waals surface area contributed by atoms with Gasteiger partial charge in [0.25, 0.3) is 0 Å². The summed E-state index contributed by atoms with van der Waals surface area (Å²) in [6, 6.07) is 2.71. The van der Waals surface area contributed by atoms with Gasteiger partial charge in [0, 0.05) is 18.1 Å². The first-order valence-corrected chi connectivity index (χ1v) is 10.6. The molecule has 0 radical (unpaired) electrons. The van der Waals surface area contributed by atoms with Crippen LogP contribution in [0, 0.1) is 5.92 Å². The van der Waals surface area contributed by atoms with Crippen LogP contribution < -0.4 is 0 Å². The maximum Gasteiger partial charge on any atom is 0.416 e. The fourth-order valence-electron chi connectivity index (χ4n) is 3.15. The molecule has 13 heteroatoms. The van der Waals surface area contributed by atoms with Crippen molar-refractivity contribution in [3.63, 3.8) is 0 Å². The van der Waals surface area contributed by atoms with Crippen molar-refractivity contribution < 1.29 is 26.3 Å². The van der Waals surface area contributed by atoms with Crippen LogP contribution in [0.15, 0.2) is 34.4 Å². The lowest BCUT2D eigenvalue weighted by Crippen LogP contribution is -2.15. The van der Waals surface area contributed by atoms with Gasteiger partial charge in [-0.1, -0.05) is 30.9 Å². The average molecular weight is 494 g/mol. The molecule has 4 rings (SSSR count). The van der Waals surface area contributed by atoms with Gasteiger partial charge in [0.15, 0.2) is 5.82 Å². The molecule has 0 saturated heterocycles. The van der Waals surface area contributed by atoms with Crippen molar-refractivity contribution in [3.8, 4) is 11.4 Å². The van der Waals surface area contributed by atoms with Crippen molar-refractivity contribution in [2.45, 2.75) is 48.2 Å². The van der Waals surface area contributed by atoms with Crippen molar-refractivity contribution in [2.24, 2.45) is 5.92 Å². The number of aromatic nitrogens is 5. The van der Waals surface area contributed by atoms with E-state index >= 15 is 0 Å². The number of hydrogen-bond acceptors (Lipinski definition) is 5. The summed E-state index contributed by atoms with van der Waals surface area (Å²) < 4.78 is 78.6. The Hall–Kier alpha value is -2.34. The predicted octanol–water partition coefficient (Wildman–Crippen LogP) is 6.45. The molecule has 1 saturated carbocycles. The predicted molar refractivity (Wildman–Crippen MR) is 104 cm³/mol. The van der Waals surface area contributed by atoms with Crippen LogP contribution >= 0.6 is 23.4 Å². The first-order chi connectivity index (χ1) is 15.0. The first kappa shape index (κ1) is 22.8. The van der Waals surface area contributed by atoms with Crippen LogP contribution in [0.25, 0.3) is 11.4 Å². The molecule has 32 heavy (non-hydrogen) atoms. The quantitative estimate of drug-likeness (QED) is 0.327. The highest BCUT2D eigenvalue weighted by Gasteiger charge is 2.37. The smallest absolute Gasteiger partial charge is 0.258 e. The number of nitrogens with one attached hydrogen (secondary N) is 1. The van der Waals surface area contributed by atoms with E-state index in [1.54, 1.807) is 0 Å². The van der Waals surface area contributed by atoms with Crippen LogP contribution in [0.4, 0.5) is 26.3 Å². The third-order valence-corrected chi connectivity index (χ3v) is 5.91. The normalized spacial score (nSPS) is 15.1. The Morgan fingerprint density at radius 2 is 1.59 bits per heavy atom. The van der Waals surface area contributed by atoms with Crippen LogP contribution in [0.1, 0.15) is 36.2 Å². The van der Waals surface area contributed by atoms with Crippen molar-refractivity contribution in [1.82, 2.24) is 25.1 Å². The molecule has 1 aliphatic carbocycles. The Kier molecular flexibility index (Phi) is 6.10. The highest BCUT2D eigenvalue weighted by atomic mass is 35.5. The van der Waals surface area contributed by atoms with Crippen molar-refractivity contribution >= 4 is 23.4 Å². The molecule has 3 aromatic rings. The molecule has 0 amide bonds. The highest BCUT2D eigenvalue weighted by molar-refractivity contribution is 7.99. The number of aromatic amines is 1. The largest absolute Gasteiger partial charge is 0.416 e. The SMILES string of the molecule is FC(F)(F)c1cc(-c2nc(Sc3cc(Cl)nc(CC4CCC4)n3)n[nH]2)cc(C(F)(F)F)c1. The Morgan fingerprint density at radius 1 is 0.938 bits per heavy atom. The van der Waals surface area contributed by atoms with Gasteiger partial charge in [-0.3, -0.25) is 5.10 Å². The molecule has 0 unspecified atom stereocenters. The van der Waals surface area contributed by atoms with E-state index in [1.807, 2.05) is 0 Å². The zero-order valence-corrected chi connectivity index (χ0v) is 17.6. The van der Waals surface area contributed by atoms with E-state index in [2.05, 4.69) is 25.1 Å². The third-order valence-electron chi connectivity index (χ3n) is 4.94. The van der Waals surface area contributed by atoms with Gasteiger partial charge in [0.1, 0.15) is 16.0 Å². The molecule has 1 fully saturated rings. The molecule has 0 bridgehead atoms. The zero-order valence-electron chi connectivity index (χ0n) is 16.1. The summed E-state index contributed by atoms with van der Waals surface area (Å²) in [4.78, 5) is 12.6. The molecule has 0 aliphatic heterocycles. The molecule has 5 nitrogen and oxygen atoms in total. The summed E-state index contributed by atoms with van der Waals surface area (Å²) >= 11 is 7.03. The average Bonchev–Trinajstić information content (AvgIpc) is 3.11. The molecule has 2 heterocycles. The Balaban J connectivity index is 1.60. The van der Waals surface area contributed by atoms with E-state index in [0.717, 1.165) is 24.6 Å². The van der Waals surface area contributed by atoms with E-state index in [1.165, 1.54) is 12.5 Å². The standard InChI is InChI=1S/C19H14ClF6N5S/c20-13-8-15(28-14(27-13)4-9-2-1-3-9)32-17-29-16(30-31-17)10-5-11(18(21,22)23)7-12(6-10)19(24,25)26/h5-9H,1-4H2,(H,29,30,31). The minimum atomic E-state index is -4.96. The topological polar surface area (TPSA) is 67.3 Å². The third kappa shape index (κ3) is 5.34. The zero-order chi connectivity index (χ0) is 23.1. The second kappa shape index (κ2) is 8.54. The van der Waals surface area contributed by atoms with Crippen molar-refractivity contribution in [2.75, 3.05) is 0 Å². The summed E-state index contributed by atoms with van der Waals surface area (Å²) in [5.41, 5.74) is -3.26. The summed E-state index contributed by atoms with van der Waals surface area (Å²) in [5.74, 6) is 0.831. The fourth-order valence-corrected chi connectivity index (χ4v) is 4.15. The Labute approximate surface area is 187 Å². The lowest BCUT2D eigenvalue weighted by atomic mass is 9.83. The number of nitrogens with zero attached hydrogens (tertiary/aromatic N) is 4. The molecule has 1 N–H and O–H groups in total. The maximum absolute atomic E-state index is 13.1. The first-order valence-electron chi connectivity index (χ1n) is 9.41. The van der Waals surface area contributed by atoms with Crippen molar-refractivity contribution in [1.29, 1.82) is 0 Å². The van der Waals surface area contributed by atoms with E-state index in [4.69, 9.17) is 11.6 Å². The number of halogens is 7. The van der Waals surface area contributed by atoms with Gasteiger partial charge in [-0.2, -0.15) is 26.3 Å². The van der Waals surface area contributed by atoms with E-state index in [-0.39, 0.29) is 22.2 Å². The van der Waals surface area contributed by atoms with Gasteiger partial charge < -0.3 is 0 Å². The van der Waals surface area contributed by atoms with Crippen LogP contribution in [0.3, 0.4) is 0 Å². The highest BCUT2D eigenvalue weighted by Crippen LogP contribution is 2.38. The molecule has 2 aromatic heterocycles. The van der Waals surface area contributed by atoms with Gasteiger partial charge in [-0.15, -0.1) is 5.10 Å². The Morgan fingerprint density at radius 3 is 2.16 bits per heavy atom. The van der Waals surface area contributed by atoms with E-state index in [0.29, 0.717) is 35.3 Å². The van der Waals surface area contributed by atoms with Crippen molar-refractivity contribution in [3.05, 3.63) is 46.4 Å². The second-order valence-electron chi connectivity index (χ2n) is 7.31. The van der Waals surface area contributed by atoms with Gasteiger partial charge in [-0.05, 0) is 35.9 Å². The molecular weight excluding hydrogens is 480 g/mol. The van der Waals surface area contributed by atoms with Gasteiger partial charge >= 0.3 is 12.4 Å². The van der Waals surface area contributed by atoms with E-state index in [9.17, 15) is 26.3 Å². The van der Waals surface area contributed by atoms with Gasteiger partial charge in [0.05, 0.1) is 11.1 Å². The van der Waals surface area contributed by atoms with Gasteiger partial charge in [-0.25, -0.2) is 15.0 Å². The van der Waals surface area contributed by atoms with Crippen LogP contribution in [-0.2, 0) is 18.8 Å². The molecule has 1 aliphatic rings. The minimum absolute atomic E-state index is 0.0576. The second-order valence-corrected chi connectivity index (χ2v) is 8.68. The maximum atomic E-state index is 13.1. The lowest BCUT2D eigenvalue weighted by molar-refractivity contribution is -0.143. The minimum Gasteiger partial charge on any atom is -0.258 e.